The minimum atomic E-state index is -1.07. The molecule has 4 atom stereocenters. The van der Waals surface area contributed by atoms with Gasteiger partial charge in [-0.15, -0.1) is 10.2 Å². The third-order valence-corrected chi connectivity index (χ3v) is 12.9. The van der Waals surface area contributed by atoms with E-state index in [1.807, 2.05) is 21.9 Å². The number of phenolic OH excluding ortho intramolecular Hbond substituents is 1. The minimum absolute atomic E-state index is 0.0279. The van der Waals surface area contributed by atoms with Crippen molar-refractivity contribution in [2.75, 3.05) is 74.0 Å². The van der Waals surface area contributed by atoms with Gasteiger partial charge in [-0.05, 0) is 68.9 Å². The van der Waals surface area contributed by atoms with Crippen LogP contribution in [-0.4, -0.2) is 142 Å². The molecule has 306 valence electrons. The van der Waals surface area contributed by atoms with Gasteiger partial charge in [0, 0.05) is 107 Å². The number of carbonyl (C=O) groups is 4. The number of piperazine rings is 2. The third-order valence-electron chi connectivity index (χ3n) is 12.9. The van der Waals surface area contributed by atoms with Gasteiger partial charge in [-0.25, -0.2) is 13.6 Å². The first-order valence-electron chi connectivity index (χ1n) is 20.3. The molecular formula is C41H48F2N10O5. The second kappa shape index (κ2) is 15.0. The Kier molecular flexibility index (Phi) is 9.80. The fourth-order valence-corrected chi connectivity index (χ4v) is 9.95. The first-order valence-corrected chi connectivity index (χ1v) is 20.3. The van der Waals surface area contributed by atoms with E-state index < -0.39 is 29.3 Å². The van der Waals surface area contributed by atoms with Gasteiger partial charge < -0.3 is 34.9 Å². The standard InChI is InChI=1S/C41H48F2N10O5/c1-23-18-48(20-25-7-9-49(10-8-25)28-4-3-26-21-52(40(57)30(26)15-28)34-5-6-36(54)45-39(34)56)19-24(2)53(23)41(58)50-11-12-51-29(22-50)17-44-38-35(51)16-33(46-47-38)31-13-27(42)14-32(43)37(31)55/h3-4,13-16,23-25,29,34,55H,5-12,17-22H2,1-2H3,(H,44,47)(H,45,54,56)/t23-,24-,29+,34?/m1/s1. The lowest BCUT2D eigenvalue weighted by Gasteiger charge is -2.50. The zero-order chi connectivity index (χ0) is 40.4. The third kappa shape index (κ3) is 6.92. The lowest BCUT2D eigenvalue weighted by atomic mass is 9.94. The maximum atomic E-state index is 14.1. The molecule has 3 aromatic rings. The predicted molar refractivity (Wildman–Crippen MR) is 210 cm³/mol. The highest BCUT2D eigenvalue weighted by atomic mass is 19.1. The SMILES string of the molecule is C[C@@H]1CN(CC2CCN(c3ccc4c(c3)C(=O)N(C3CCC(=O)NC3=O)C4)CC2)C[C@@H](C)N1C(=O)N1CCN2c3cc(-c4cc(F)cc(F)c4O)nnc3NC[C@H]2C1. The van der Waals surface area contributed by atoms with Crippen LogP contribution in [0.5, 0.6) is 5.75 Å². The molecule has 2 aromatic carbocycles. The average molecular weight is 799 g/mol. The van der Waals surface area contributed by atoms with Gasteiger partial charge in [0.2, 0.25) is 11.8 Å². The highest BCUT2D eigenvalue weighted by Gasteiger charge is 2.42. The zero-order valence-electron chi connectivity index (χ0n) is 32.7. The number of nitrogens with zero attached hydrogens (tertiary/aromatic N) is 8. The summed E-state index contributed by atoms with van der Waals surface area (Å²) in [5.74, 6) is -2.38. The number of hydrogen-bond donors (Lipinski definition) is 3. The van der Waals surface area contributed by atoms with Crippen LogP contribution in [0, 0.1) is 17.6 Å². The molecule has 9 rings (SSSR count). The average Bonchev–Trinajstić information content (AvgIpc) is 3.53. The first-order chi connectivity index (χ1) is 27.9. The molecule has 6 aliphatic rings. The van der Waals surface area contributed by atoms with Crippen molar-refractivity contribution in [1.82, 2.24) is 35.1 Å². The van der Waals surface area contributed by atoms with Crippen LogP contribution in [0.15, 0.2) is 36.4 Å². The van der Waals surface area contributed by atoms with Crippen LogP contribution < -0.4 is 20.4 Å². The number of fused-ring (bicyclic) bond motifs is 4. The number of aromatic nitrogens is 2. The van der Waals surface area contributed by atoms with Gasteiger partial charge >= 0.3 is 6.03 Å². The van der Waals surface area contributed by atoms with Crippen molar-refractivity contribution in [3.05, 3.63) is 59.2 Å². The lowest BCUT2D eigenvalue weighted by Crippen LogP contribution is -2.65. The van der Waals surface area contributed by atoms with Crippen LogP contribution >= 0.6 is 0 Å². The van der Waals surface area contributed by atoms with Gasteiger partial charge in [-0.3, -0.25) is 24.6 Å². The fraction of sp³-hybridized carbons (Fsp3) is 0.512. The number of piperidine rings is 2. The summed E-state index contributed by atoms with van der Waals surface area (Å²) in [4.78, 5) is 64.2. The van der Waals surface area contributed by atoms with Crippen LogP contribution in [0.4, 0.5) is 30.8 Å². The first kappa shape index (κ1) is 38.0. The molecule has 4 saturated heterocycles. The molecule has 0 saturated carbocycles. The summed E-state index contributed by atoms with van der Waals surface area (Å²) < 4.78 is 28.2. The molecule has 0 aliphatic carbocycles. The number of hydrogen-bond acceptors (Lipinski definition) is 11. The number of amides is 5. The van der Waals surface area contributed by atoms with Gasteiger partial charge in [-0.2, -0.15) is 0 Å². The topological polar surface area (TPSA) is 158 Å². The van der Waals surface area contributed by atoms with Crippen molar-refractivity contribution in [2.45, 2.75) is 70.2 Å². The number of benzene rings is 2. The summed E-state index contributed by atoms with van der Waals surface area (Å²) in [6.07, 6.45) is 2.62. The van der Waals surface area contributed by atoms with E-state index in [-0.39, 0.29) is 53.6 Å². The highest BCUT2D eigenvalue weighted by Crippen LogP contribution is 2.38. The van der Waals surface area contributed by atoms with E-state index in [4.69, 9.17) is 0 Å². The van der Waals surface area contributed by atoms with Crippen molar-refractivity contribution in [2.24, 2.45) is 5.92 Å². The van der Waals surface area contributed by atoms with Gasteiger partial charge in [0.05, 0.1) is 17.4 Å². The maximum absolute atomic E-state index is 14.1. The van der Waals surface area contributed by atoms with Crippen molar-refractivity contribution in [1.29, 1.82) is 0 Å². The number of imide groups is 1. The summed E-state index contributed by atoms with van der Waals surface area (Å²) >= 11 is 0. The zero-order valence-corrected chi connectivity index (χ0v) is 32.7. The van der Waals surface area contributed by atoms with E-state index in [2.05, 4.69) is 55.4 Å². The van der Waals surface area contributed by atoms with Crippen LogP contribution in [0.3, 0.4) is 0 Å². The maximum Gasteiger partial charge on any atom is 0.320 e. The monoisotopic (exact) mass is 798 g/mol. The largest absolute Gasteiger partial charge is 0.504 e. The second-order valence-corrected chi connectivity index (χ2v) is 16.7. The Morgan fingerprint density at radius 2 is 1.67 bits per heavy atom. The van der Waals surface area contributed by atoms with Crippen LogP contribution in [0.25, 0.3) is 11.3 Å². The number of anilines is 3. The summed E-state index contributed by atoms with van der Waals surface area (Å²) in [7, 11) is 0. The molecule has 3 N–H and O–H groups in total. The number of aromatic hydroxyl groups is 1. The van der Waals surface area contributed by atoms with Crippen LogP contribution in [0.1, 0.15) is 55.5 Å². The smallest absolute Gasteiger partial charge is 0.320 e. The Labute approximate surface area is 334 Å². The molecule has 0 bridgehead atoms. The molecule has 17 heteroatoms. The van der Waals surface area contributed by atoms with E-state index in [9.17, 15) is 33.1 Å². The number of carbonyl (C=O) groups excluding carboxylic acids is 4. The Hall–Kier alpha value is -5.58. The quantitative estimate of drug-likeness (QED) is 0.326. The second-order valence-electron chi connectivity index (χ2n) is 16.7. The number of urea groups is 1. The van der Waals surface area contributed by atoms with Crippen molar-refractivity contribution in [3.63, 3.8) is 0 Å². The fourth-order valence-electron chi connectivity index (χ4n) is 9.95. The van der Waals surface area contributed by atoms with Crippen LogP contribution in [-0.2, 0) is 16.1 Å². The molecule has 0 spiro atoms. The number of nitrogens with one attached hydrogen (secondary N) is 2. The van der Waals surface area contributed by atoms with Gasteiger partial charge in [-0.1, -0.05) is 6.07 Å². The summed E-state index contributed by atoms with van der Waals surface area (Å²) in [6.45, 7) is 11.0. The lowest BCUT2D eigenvalue weighted by molar-refractivity contribution is -0.136. The molecule has 7 heterocycles. The number of halogens is 2. The van der Waals surface area contributed by atoms with E-state index in [0.29, 0.717) is 68.2 Å². The Morgan fingerprint density at radius 3 is 2.43 bits per heavy atom. The number of phenols is 1. The normalized spacial score (nSPS) is 25.3. The molecule has 0 radical (unpaired) electrons. The molecule has 4 fully saturated rings. The summed E-state index contributed by atoms with van der Waals surface area (Å²) in [5.41, 5.74) is 3.34. The van der Waals surface area contributed by atoms with E-state index >= 15 is 0 Å². The minimum Gasteiger partial charge on any atom is -0.504 e. The Morgan fingerprint density at radius 1 is 0.897 bits per heavy atom. The molecule has 58 heavy (non-hydrogen) atoms. The molecule has 1 aromatic heterocycles. The van der Waals surface area contributed by atoms with E-state index in [1.54, 1.807) is 11.0 Å². The molecular weight excluding hydrogens is 751 g/mol. The van der Waals surface area contributed by atoms with Gasteiger partial charge in [0.15, 0.2) is 17.4 Å². The summed E-state index contributed by atoms with van der Waals surface area (Å²) in [5, 5.41) is 24.3. The predicted octanol–water partition coefficient (Wildman–Crippen LogP) is 3.24. The molecule has 5 amide bonds. The van der Waals surface area contributed by atoms with Crippen molar-refractivity contribution < 1.29 is 33.1 Å². The Bertz CT molecular complexity index is 2150. The molecule has 15 nitrogen and oxygen atoms in total. The Balaban J connectivity index is 0.773. The van der Waals surface area contributed by atoms with Crippen LogP contribution in [0.2, 0.25) is 0 Å². The molecule has 1 unspecified atom stereocenters. The van der Waals surface area contributed by atoms with Gasteiger partial charge in [0.1, 0.15) is 11.9 Å². The van der Waals surface area contributed by atoms with Crippen molar-refractivity contribution in [3.8, 4) is 17.0 Å². The molecule has 6 aliphatic heterocycles. The van der Waals surface area contributed by atoms with Gasteiger partial charge in [0.25, 0.3) is 5.91 Å². The highest BCUT2D eigenvalue weighted by molar-refractivity contribution is 6.05. The number of rotatable bonds is 5. The summed E-state index contributed by atoms with van der Waals surface area (Å²) in [6, 6.07) is 8.76. The van der Waals surface area contributed by atoms with Crippen molar-refractivity contribution >= 4 is 40.9 Å². The van der Waals surface area contributed by atoms with E-state index in [1.165, 1.54) is 0 Å². The van der Waals surface area contributed by atoms with E-state index in [0.717, 1.165) is 62.9 Å².